The van der Waals surface area contributed by atoms with Crippen LogP contribution in [0.5, 0.6) is 5.75 Å². The SMILES string of the molecule is CNc1cnc(C(=O)N2CCOC[C@@](O)(COc3ccccc3)C2)nc1. The summed E-state index contributed by atoms with van der Waals surface area (Å²) in [6.07, 6.45) is 3.08. The van der Waals surface area contributed by atoms with E-state index in [1.165, 1.54) is 4.90 Å². The molecule has 0 saturated carbocycles. The van der Waals surface area contributed by atoms with Crippen LogP contribution < -0.4 is 10.1 Å². The van der Waals surface area contributed by atoms with Crippen LogP contribution in [0.2, 0.25) is 0 Å². The average molecular weight is 358 g/mol. The van der Waals surface area contributed by atoms with Gasteiger partial charge in [-0.15, -0.1) is 0 Å². The Morgan fingerprint density at radius 2 is 2.08 bits per heavy atom. The fourth-order valence-electron chi connectivity index (χ4n) is 2.62. The van der Waals surface area contributed by atoms with Crippen LogP contribution in [-0.2, 0) is 4.74 Å². The summed E-state index contributed by atoms with van der Waals surface area (Å²) in [5.41, 5.74) is -0.596. The van der Waals surface area contributed by atoms with E-state index in [1.807, 2.05) is 18.2 Å². The Bertz CT molecular complexity index is 726. The van der Waals surface area contributed by atoms with E-state index < -0.39 is 5.60 Å². The largest absolute Gasteiger partial charge is 0.490 e. The van der Waals surface area contributed by atoms with Gasteiger partial charge in [0, 0.05) is 13.6 Å². The molecule has 1 aliphatic heterocycles. The molecule has 1 aliphatic rings. The molecule has 1 aromatic carbocycles. The molecule has 8 heteroatoms. The summed E-state index contributed by atoms with van der Waals surface area (Å²) in [6.45, 7) is 0.858. The van der Waals surface area contributed by atoms with Crippen molar-refractivity contribution in [1.82, 2.24) is 14.9 Å². The van der Waals surface area contributed by atoms with Gasteiger partial charge in [-0.25, -0.2) is 9.97 Å². The molecule has 8 nitrogen and oxygen atoms in total. The van der Waals surface area contributed by atoms with Crippen LogP contribution in [0, 0.1) is 0 Å². The normalized spacial score (nSPS) is 20.3. The Hall–Kier alpha value is -2.71. The van der Waals surface area contributed by atoms with Crippen LogP contribution in [-0.4, -0.2) is 71.4 Å². The molecule has 0 aliphatic carbocycles. The summed E-state index contributed by atoms with van der Waals surface area (Å²) in [5, 5.41) is 13.8. The second kappa shape index (κ2) is 8.11. The number of nitrogens with one attached hydrogen (secondary N) is 1. The zero-order valence-electron chi connectivity index (χ0n) is 14.6. The van der Waals surface area contributed by atoms with Crippen LogP contribution >= 0.6 is 0 Å². The van der Waals surface area contributed by atoms with Gasteiger partial charge in [0.25, 0.3) is 5.91 Å². The van der Waals surface area contributed by atoms with E-state index in [9.17, 15) is 9.90 Å². The number of carbonyl (C=O) groups excluding carboxylic acids is 1. The van der Waals surface area contributed by atoms with Crippen LogP contribution in [0.25, 0.3) is 0 Å². The Labute approximate surface area is 151 Å². The van der Waals surface area contributed by atoms with Crippen molar-refractivity contribution in [2.45, 2.75) is 5.60 Å². The summed E-state index contributed by atoms with van der Waals surface area (Å²) in [5.74, 6) is 0.377. The molecule has 0 radical (unpaired) electrons. The smallest absolute Gasteiger partial charge is 0.291 e. The third-order valence-electron chi connectivity index (χ3n) is 4.03. The molecule has 1 fully saturated rings. The molecule has 2 heterocycles. The fourth-order valence-corrected chi connectivity index (χ4v) is 2.62. The molecule has 1 amide bonds. The molecule has 0 spiro atoms. The first-order chi connectivity index (χ1) is 12.6. The molecule has 0 unspecified atom stereocenters. The van der Waals surface area contributed by atoms with Gasteiger partial charge in [-0.3, -0.25) is 4.79 Å². The topological polar surface area (TPSA) is 96.8 Å². The Morgan fingerprint density at radius 1 is 1.35 bits per heavy atom. The number of benzene rings is 1. The number of para-hydroxylation sites is 1. The zero-order chi connectivity index (χ0) is 18.4. The number of carbonyl (C=O) groups is 1. The minimum atomic E-state index is -1.31. The second-order valence-corrected chi connectivity index (χ2v) is 6.15. The summed E-state index contributed by atoms with van der Waals surface area (Å²) >= 11 is 0. The molecule has 3 rings (SSSR count). The van der Waals surface area contributed by atoms with Gasteiger partial charge in [-0.05, 0) is 12.1 Å². The molecule has 1 atom stereocenters. The van der Waals surface area contributed by atoms with E-state index in [-0.39, 0.29) is 31.5 Å². The van der Waals surface area contributed by atoms with Crippen LogP contribution in [0.3, 0.4) is 0 Å². The number of aromatic nitrogens is 2. The summed E-state index contributed by atoms with van der Waals surface area (Å²) < 4.78 is 11.1. The molecule has 26 heavy (non-hydrogen) atoms. The quantitative estimate of drug-likeness (QED) is 0.816. The lowest BCUT2D eigenvalue weighted by Crippen LogP contribution is -2.50. The van der Waals surface area contributed by atoms with Crippen molar-refractivity contribution in [3.63, 3.8) is 0 Å². The number of hydrogen-bond donors (Lipinski definition) is 2. The average Bonchev–Trinajstić information content (AvgIpc) is 2.89. The lowest BCUT2D eigenvalue weighted by molar-refractivity contribution is -0.0621. The molecule has 2 N–H and O–H groups in total. The number of β-amino-alcohol motifs (C(OH)–C–C–N with tert-alkyl or cyclic N) is 1. The molecule has 138 valence electrons. The molecule has 1 aromatic heterocycles. The van der Waals surface area contributed by atoms with Gasteiger partial charge >= 0.3 is 0 Å². The van der Waals surface area contributed by atoms with Crippen molar-refractivity contribution in [2.24, 2.45) is 0 Å². The molecule has 2 aromatic rings. The highest BCUT2D eigenvalue weighted by Crippen LogP contribution is 2.17. The van der Waals surface area contributed by atoms with Gasteiger partial charge in [0.1, 0.15) is 18.0 Å². The van der Waals surface area contributed by atoms with E-state index in [2.05, 4.69) is 15.3 Å². The van der Waals surface area contributed by atoms with E-state index in [1.54, 1.807) is 31.6 Å². The first-order valence-corrected chi connectivity index (χ1v) is 8.37. The number of nitrogens with zero attached hydrogens (tertiary/aromatic N) is 3. The van der Waals surface area contributed by atoms with Crippen molar-refractivity contribution < 1.29 is 19.4 Å². The van der Waals surface area contributed by atoms with Crippen molar-refractivity contribution in [3.8, 4) is 5.75 Å². The van der Waals surface area contributed by atoms with Gasteiger partial charge in [0.2, 0.25) is 5.82 Å². The highest BCUT2D eigenvalue weighted by molar-refractivity contribution is 5.90. The fraction of sp³-hybridized carbons (Fsp3) is 0.389. The monoisotopic (exact) mass is 358 g/mol. The van der Waals surface area contributed by atoms with Gasteiger partial charge in [0.15, 0.2) is 0 Å². The minimum Gasteiger partial charge on any atom is -0.490 e. The first kappa shape index (κ1) is 18.1. The highest BCUT2D eigenvalue weighted by Gasteiger charge is 2.36. The van der Waals surface area contributed by atoms with Crippen LogP contribution in [0.15, 0.2) is 42.7 Å². The van der Waals surface area contributed by atoms with E-state index in [4.69, 9.17) is 9.47 Å². The van der Waals surface area contributed by atoms with Crippen LogP contribution in [0.1, 0.15) is 10.6 Å². The molecular weight excluding hydrogens is 336 g/mol. The predicted octanol–water partition coefficient (Wildman–Crippen LogP) is 0.801. The Kier molecular flexibility index (Phi) is 5.65. The lowest BCUT2D eigenvalue weighted by atomic mass is 10.1. The molecule has 1 saturated heterocycles. The maximum atomic E-state index is 12.7. The first-order valence-electron chi connectivity index (χ1n) is 8.37. The Morgan fingerprint density at radius 3 is 2.77 bits per heavy atom. The van der Waals surface area contributed by atoms with Gasteiger partial charge in [-0.1, -0.05) is 18.2 Å². The number of hydrogen-bond acceptors (Lipinski definition) is 7. The summed E-state index contributed by atoms with van der Waals surface area (Å²) in [7, 11) is 1.75. The number of anilines is 1. The Balaban J connectivity index is 1.68. The molecule has 0 bridgehead atoms. The predicted molar refractivity (Wildman–Crippen MR) is 95.2 cm³/mol. The van der Waals surface area contributed by atoms with Gasteiger partial charge < -0.3 is 24.8 Å². The van der Waals surface area contributed by atoms with Gasteiger partial charge in [0.05, 0.1) is 37.8 Å². The maximum Gasteiger partial charge on any atom is 0.291 e. The van der Waals surface area contributed by atoms with E-state index in [0.29, 0.717) is 24.6 Å². The lowest BCUT2D eigenvalue weighted by Gasteiger charge is -2.30. The second-order valence-electron chi connectivity index (χ2n) is 6.15. The molecular formula is C18H22N4O4. The van der Waals surface area contributed by atoms with Crippen molar-refractivity contribution in [3.05, 3.63) is 48.5 Å². The van der Waals surface area contributed by atoms with Crippen molar-refractivity contribution in [2.75, 3.05) is 45.3 Å². The highest BCUT2D eigenvalue weighted by atomic mass is 16.5. The number of rotatable bonds is 5. The van der Waals surface area contributed by atoms with Crippen LogP contribution in [0.4, 0.5) is 5.69 Å². The number of amides is 1. The maximum absolute atomic E-state index is 12.7. The zero-order valence-corrected chi connectivity index (χ0v) is 14.6. The number of ether oxygens (including phenoxy) is 2. The standard InChI is InChI=1S/C18H22N4O4/c1-19-14-9-20-16(21-10-14)17(23)22-7-8-25-12-18(24,11-22)13-26-15-5-3-2-4-6-15/h2-6,9-10,19,24H,7-8,11-13H2,1H3/t18-/m1/s1. The van der Waals surface area contributed by atoms with E-state index in [0.717, 1.165) is 0 Å². The van der Waals surface area contributed by atoms with Crippen molar-refractivity contribution in [1.29, 1.82) is 0 Å². The van der Waals surface area contributed by atoms with Gasteiger partial charge in [-0.2, -0.15) is 0 Å². The van der Waals surface area contributed by atoms with E-state index >= 15 is 0 Å². The summed E-state index contributed by atoms with van der Waals surface area (Å²) in [6, 6.07) is 9.20. The summed E-state index contributed by atoms with van der Waals surface area (Å²) in [4.78, 5) is 22.3. The third-order valence-corrected chi connectivity index (χ3v) is 4.03. The van der Waals surface area contributed by atoms with Crippen molar-refractivity contribution >= 4 is 11.6 Å². The number of aliphatic hydroxyl groups is 1. The minimum absolute atomic E-state index is 0.0142. The third kappa shape index (κ3) is 4.47.